The van der Waals surface area contributed by atoms with Crippen LogP contribution in [0.4, 0.5) is 17.3 Å². The van der Waals surface area contributed by atoms with Gasteiger partial charge in [0.15, 0.2) is 17.4 Å². The fraction of sp³-hybridized carbons (Fsp3) is 0.269. The number of ether oxygens (including phenoxy) is 3. The lowest BCUT2D eigenvalue weighted by Crippen LogP contribution is -2.37. The molecule has 1 aromatic carbocycles. The van der Waals surface area contributed by atoms with Gasteiger partial charge in [0.05, 0.1) is 43.3 Å². The Morgan fingerprint density at radius 1 is 1.11 bits per heavy atom. The highest BCUT2D eigenvalue weighted by atomic mass is 16.5. The molecule has 1 aliphatic heterocycles. The van der Waals surface area contributed by atoms with Crippen molar-refractivity contribution < 1.29 is 14.2 Å². The van der Waals surface area contributed by atoms with Gasteiger partial charge in [-0.3, -0.25) is 4.98 Å². The van der Waals surface area contributed by atoms with E-state index in [9.17, 15) is 5.26 Å². The molecular formula is C26H25N7O3. The smallest absolute Gasteiger partial charge is 0.257 e. The van der Waals surface area contributed by atoms with Crippen molar-refractivity contribution in [2.24, 2.45) is 0 Å². The molecule has 3 aromatic heterocycles. The average molecular weight is 484 g/mol. The highest BCUT2D eigenvalue weighted by Gasteiger charge is 2.20. The lowest BCUT2D eigenvalue weighted by atomic mass is 10.2. The number of aromatic nitrogens is 4. The minimum absolute atomic E-state index is 0.321. The number of nitrogens with zero attached hydrogens (tertiary/aromatic N) is 6. The van der Waals surface area contributed by atoms with Crippen molar-refractivity contribution >= 4 is 28.4 Å². The van der Waals surface area contributed by atoms with Gasteiger partial charge in [-0.25, -0.2) is 15.0 Å². The predicted octanol–water partition coefficient (Wildman–Crippen LogP) is 3.77. The van der Waals surface area contributed by atoms with Crippen molar-refractivity contribution in [2.45, 2.75) is 13.5 Å². The average Bonchev–Trinajstić information content (AvgIpc) is 2.92. The third-order valence-electron chi connectivity index (χ3n) is 5.76. The summed E-state index contributed by atoms with van der Waals surface area (Å²) in [7, 11) is 1.57. The first-order chi connectivity index (χ1) is 17.6. The van der Waals surface area contributed by atoms with Gasteiger partial charge < -0.3 is 24.4 Å². The molecule has 1 aliphatic rings. The molecule has 1 N–H and O–H groups in total. The summed E-state index contributed by atoms with van der Waals surface area (Å²) >= 11 is 0. The summed E-state index contributed by atoms with van der Waals surface area (Å²) in [5.41, 5.74) is 4.22. The van der Waals surface area contributed by atoms with Crippen molar-refractivity contribution in [1.29, 1.82) is 5.26 Å². The van der Waals surface area contributed by atoms with Crippen LogP contribution >= 0.6 is 0 Å². The minimum Gasteiger partial charge on any atom is -0.491 e. The van der Waals surface area contributed by atoms with Crippen molar-refractivity contribution in [3.05, 3.63) is 65.6 Å². The number of pyridine rings is 2. The summed E-state index contributed by atoms with van der Waals surface area (Å²) in [6.07, 6.45) is 3.44. The Kier molecular flexibility index (Phi) is 6.73. The van der Waals surface area contributed by atoms with Crippen LogP contribution in [0.1, 0.15) is 16.8 Å². The normalized spacial score (nSPS) is 13.3. The van der Waals surface area contributed by atoms with Gasteiger partial charge in [-0.2, -0.15) is 5.26 Å². The Labute approximate surface area is 208 Å². The van der Waals surface area contributed by atoms with Gasteiger partial charge in [-0.1, -0.05) is 12.1 Å². The fourth-order valence-corrected chi connectivity index (χ4v) is 3.87. The summed E-state index contributed by atoms with van der Waals surface area (Å²) in [5, 5.41) is 12.9. The summed E-state index contributed by atoms with van der Waals surface area (Å²) in [6, 6.07) is 13.3. The van der Waals surface area contributed by atoms with Crippen LogP contribution < -0.4 is 19.7 Å². The highest BCUT2D eigenvalue weighted by Crippen LogP contribution is 2.33. The number of methoxy groups -OCH3 is 1. The number of para-hydroxylation sites is 1. The lowest BCUT2D eigenvalue weighted by molar-refractivity contribution is 0.122. The van der Waals surface area contributed by atoms with Gasteiger partial charge in [-0.15, -0.1) is 0 Å². The van der Waals surface area contributed by atoms with Crippen LogP contribution in [-0.4, -0.2) is 53.3 Å². The minimum atomic E-state index is 0.321. The Bertz CT molecular complexity index is 1410. The Morgan fingerprint density at radius 2 is 1.97 bits per heavy atom. The number of morpholine rings is 1. The molecule has 1 fully saturated rings. The zero-order valence-electron chi connectivity index (χ0n) is 20.1. The number of benzene rings is 1. The predicted molar refractivity (Wildman–Crippen MR) is 135 cm³/mol. The monoisotopic (exact) mass is 483 g/mol. The number of hydrogen-bond donors (Lipinski definition) is 1. The standard InChI is InChI=1S/C26H25N7O3/c1-17-6-7-18(14-28-17)16-36-26-22(34-2)12-20(15-29-26)30-24-25(33-8-10-35-11-9-33)32-23-19(13-27)4-3-5-21(23)31-24/h3-7,12,14-15H,8-11,16H2,1-2H3,(H,30,31). The van der Waals surface area contributed by atoms with E-state index >= 15 is 0 Å². The number of hydrogen-bond acceptors (Lipinski definition) is 10. The molecule has 0 unspecified atom stereocenters. The van der Waals surface area contributed by atoms with Crippen LogP contribution in [0.5, 0.6) is 11.6 Å². The quantitative estimate of drug-likeness (QED) is 0.416. The molecule has 0 spiro atoms. The van der Waals surface area contributed by atoms with Crippen molar-refractivity contribution in [3.8, 4) is 17.7 Å². The number of nitrogens with one attached hydrogen (secondary N) is 1. The zero-order valence-corrected chi connectivity index (χ0v) is 20.1. The van der Waals surface area contributed by atoms with E-state index in [1.165, 1.54) is 0 Å². The number of fused-ring (bicyclic) bond motifs is 1. The molecule has 10 heteroatoms. The molecule has 0 aliphatic carbocycles. The van der Waals surface area contributed by atoms with E-state index in [4.69, 9.17) is 24.2 Å². The van der Waals surface area contributed by atoms with E-state index in [0.29, 0.717) is 78.5 Å². The summed E-state index contributed by atoms with van der Waals surface area (Å²) in [6.45, 7) is 4.79. The molecule has 4 heterocycles. The summed E-state index contributed by atoms with van der Waals surface area (Å²) in [4.78, 5) is 20.5. The molecule has 0 saturated carbocycles. The van der Waals surface area contributed by atoms with E-state index in [0.717, 1.165) is 11.3 Å². The second-order valence-corrected chi connectivity index (χ2v) is 8.23. The van der Waals surface area contributed by atoms with Gasteiger partial charge in [-0.05, 0) is 25.1 Å². The topological polar surface area (TPSA) is 118 Å². The largest absolute Gasteiger partial charge is 0.491 e. The van der Waals surface area contributed by atoms with Crippen molar-refractivity contribution in [2.75, 3.05) is 43.6 Å². The van der Waals surface area contributed by atoms with Crippen LogP contribution in [0.15, 0.2) is 48.8 Å². The van der Waals surface area contributed by atoms with E-state index in [-0.39, 0.29) is 0 Å². The van der Waals surface area contributed by atoms with Crippen LogP contribution in [0, 0.1) is 18.3 Å². The molecule has 182 valence electrons. The molecule has 5 rings (SSSR count). The third-order valence-corrected chi connectivity index (χ3v) is 5.76. The fourth-order valence-electron chi connectivity index (χ4n) is 3.87. The first-order valence-electron chi connectivity index (χ1n) is 11.5. The Balaban J connectivity index is 1.44. The zero-order chi connectivity index (χ0) is 24.9. The van der Waals surface area contributed by atoms with Crippen LogP contribution in [-0.2, 0) is 11.3 Å². The Morgan fingerprint density at radius 3 is 2.72 bits per heavy atom. The maximum Gasteiger partial charge on any atom is 0.257 e. The van der Waals surface area contributed by atoms with Gasteiger partial charge in [0.2, 0.25) is 0 Å². The SMILES string of the molecule is COc1cc(Nc2nc3cccc(C#N)c3nc2N2CCOCC2)cnc1OCc1ccc(C)nc1. The third kappa shape index (κ3) is 4.96. The van der Waals surface area contributed by atoms with Crippen LogP contribution in [0.3, 0.4) is 0 Å². The molecule has 1 saturated heterocycles. The van der Waals surface area contributed by atoms with Crippen LogP contribution in [0.25, 0.3) is 11.0 Å². The van der Waals surface area contributed by atoms with E-state index in [1.54, 1.807) is 37.7 Å². The molecule has 10 nitrogen and oxygen atoms in total. The van der Waals surface area contributed by atoms with E-state index in [1.807, 2.05) is 25.1 Å². The molecule has 0 amide bonds. The maximum atomic E-state index is 9.55. The highest BCUT2D eigenvalue weighted by molar-refractivity contribution is 5.86. The van der Waals surface area contributed by atoms with Gasteiger partial charge >= 0.3 is 0 Å². The molecule has 4 aromatic rings. The second kappa shape index (κ2) is 10.4. The van der Waals surface area contributed by atoms with Gasteiger partial charge in [0, 0.05) is 36.6 Å². The lowest BCUT2D eigenvalue weighted by Gasteiger charge is -2.29. The first kappa shape index (κ1) is 23.3. The number of nitriles is 1. The number of rotatable bonds is 7. The van der Waals surface area contributed by atoms with Crippen LogP contribution in [0.2, 0.25) is 0 Å². The van der Waals surface area contributed by atoms with E-state index in [2.05, 4.69) is 26.3 Å². The van der Waals surface area contributed by atoms with Gasteiger partial charge in [0.25, 0.3) is 5.88 Å². The van der Waals surface area contributed by atoms with E-state index < -0.39 is 0 Å². The number of anilines is 3. The number of aryl methyl sites for hydroxylation is 1. The van der Waals surface area contributed by atoms with Crippen molar-refractivity contribution in [1.82, 2.24) is 19.9 Å². The van der Waals surface area contributed by atoms with Crippen molar-refractivity contribution in [3.63, 3.8) is 0 Å². The Hall–Kier alpha value is -4.49. The molecule has 0 atom stereocenters. The molecule has 36 heavy (non-hydrogen) atoms. The van der Waals surface area contributed by atoms with Gasteiger partial charge in [0.1, 0.15) is 18.2 Å². The molecule has 0 bridgehead atoms. The second-order valence-electron chi connectivity index (χ2n) is 8.23. The molecular weight excluding hydrogens is 458 g/mol. The summed E-state index contributed by atoms with van der Waals surface area (Å²) < 4.78 is 16.9. The summed E-state index contributed by atoms with van der Waals surface area (Å²) in [5.74, 6) is 2.07. The first-order valence-corrected chi connectivity index (χ1v) is 11.5. The molecule has 0 radical (unpaired) electrons. The maximum absolute atomic E-state index is 9.55.